The van der Waals surface area contributed by atoms with E-state index in [0.29, 0.717) is 12.5 Å². The molecule has 0 saturated carbocycles. The van der Waals surface area contributed by atoms with Gasteiger partial charge in [0.1, 0.15) is 18.0 Å². The van der Waals surface area contributed by atoms with E-state index in [0.717, 1.165) is 17.2 Å². The predicted octanol–water partition coefficient (Wildman–Crippen LogP) is 2.24. The summed E-state index contributed by atoms with van der Waals surface area (Å²) in [5.74, 6) is 2.05. The van der Waals surface area contributed by atoms with E-state index >= 15 is 0 Å². The zero-order valence-electron chi connectivity index (χ0n) is 11.7. The van der Waals surface area contributed by atoms with Gasteiger partial charge in [-0.05, 0) is 12.8 Å². The summed E-state index contributed by atoms with van der Waals surface area (Å²) in [5, 5.41) is 12.0. The number of rotatable bonds is 5. The van der Waals surface area contributed by atoms with Crippen LogP contribution in [0.2, 0.25) is 0 Å². The summed E-state index contributed by atoms with van der Waals surface area (Å²) in [6, 6.07) is 2.24. The lowest BCUT2D eigenvalue weighted by Crippen LogP contribution is -2.26. The molecule has 0 aliphatic heterocycles. The highest BCUT2D eigenvalue weighted by Gasteiger charge is 2.18. The molecule has 0 amide bonds. The fraction of sp³-hybridized carbons (Fsp3) is 0.615. The van der Waals surface area contributed by atoms with E-state index in [-0.39, 0.29) is 5.92 Å². The topological polar surface area (TPSA) is 64.8 Å². The van der Waals surface area contributed by atoms with Crippen LogP contribution in [0.5, 0.6) is 0 Å². The Bertz CT molecular complexity index is 435. The van der Waals surface area contributed by atoms with Gasteiger partial charge in [-0.25, -0.2) is 9.97 Å². The molecule has 0 saturated heterocycles. The molecule has 0 aliphatic carbocycles. The molecule has 98 valence electrons. The average molecular weight is 247 g/mol. The Hall–Kier alpha value is -1.83. The lowest BCUT2D eigenvalue weighted by molar-refractivity contribution is 0.701. The lowest BCUT2D eigenvalue weighted by Gasteiger charge is -2.24. The molecular formula is C13H21N5. The van der Waals surface area contributed by atoms with Crippen molar-refractivity contribution in [3.05, 3.63) is 11.9 Å². The van der Waals surface area contributed by atoms with Crippen LogP contribution < -0.4 is 10.2 Å². The van der Waals surface area contributed by atoms with Gasteiger partial charge in [-0.1, -0.05) is 13.8 Å². The van der Waals surface area contributed by atoms with Crippen molar-refractivity contribution in [2.75, 3.05) is 30.9 Å². The molecule has 1 heterocycles. The minimum Gasteiger partial charge on any atom is -0.373 e. The second-order valence-corrected chi connectivity index (χ2v) is 4.77. The molecule has 1 atom stereocenters. The van der Waals surface area contributed by atoms with Crippen LogP contribution in [-0.2, 0) is 0 Å². The highest BCUT2D eigenvalue weighted by molar-refractivity contribution is 5.59. The van der Waals surface area contributed by atoms with Gasteiger partial charge in [0.15, 0.2) is 0 Å². The molecule has 0 radical (unpaired) electrons. The predicted molar refractivity (Wildman–Crippen MR) is 73.7 cm³/mol. The molecule has 0 aromatic carbocycles. The van der Waals surface area contributed by atoms with Crippen LogP contribution in [0.25, 0.3) is 0 Å². The third-order valence-electron chi connectivity index (χ3n) is 2.81. The van der Waals surface area contributed by atoms with Crippen molar-refractivity contribution in [1.29, 1.82) is 5.26 Å². The second kappa shape index (κ2) is 6.20. The van der Waals surface area contributed by atoms with Crippen molar-refractivity contribution >= 4 is 11.6 Å². The molecule has 0 aliphatic rings. The Kier molecular flexibility index (Phi) is 4.90. The van der Waals surface area contributed by atoms with Crippen LogP contribution in [-0.4, -0.2) is 30.6 Å². The Morgan fingerprint density at radius 2 is 2.06 bits per heavy atom. The van der Waals surface area contributed by atoms with Gasteiger partial charge in [-0.2, -0.15) is 5.26 Å². The van der Waals surface area contributed by atoms with E-state index in [9.17, 15) is 0 Å². The summed E-state index contributed by atoms with van der Waals surface area (Å²) in [6.45, 7) is 6.80. The molecule has 18 heavy (non-hydrogen) atoms. The van der Waals surface area contributed by atoms with Crippen LogP contribution in [0.15, 0.2) is 6.33 Å². The number of hydrogen-bond donors (Lipinski definition) is 1. The molecule has 1 aromatic rings. The molecule has 5 heteroatoms. The summed E-state index contributed by atoms with van der Waals surface area (Å²) < 4.78 is 0. The lowest BCUT2D eigenvalue weighted by atomic mass is 10.0. The zero-order valence-corrected chi connectivity index (χ0v) is 11.7. The summed E-state index contributed by atoms with van der Waals surface area (Å²) in [7, 11) is 3.82. The highest BCUT2D eigenvalue weighted by Crippen LogP contribution is 2.30. The maximum absolute atomic E-state index is 8.89. The summed E-state index contributed by atoms with van der Waals surface area (Å²) >= 11 is 0. The first-order valence-electron chi connectivity index (χ1n) is 6.14. The number of aromatic nitrogens is 2. The molecule has 1 N–H and O–H groups in total. The molecule has 0 fully saturated rings. The monoisotopic (exact) mass is 247 g/mol. The number of nitrogens with zero attached hydrogens (tertiary/aromatic N) is 4. The van der Waals surface area contributed by atoms with Gasteiger partial charge in [0, 0.05) is 26.2 Å². The van der Waals surface area contributed by atoms with E-state index in [1.807, 2.05) is 25.9 Å². The van der Waals surface area contributed by atoms with Crippen molar-refractivity contribution < 1.29 is 0 Å². The number of nitrogens with one attached hydrogen (secondary N) is 1. The van der Waals surface area contributed by atoms with Crippen LogP contribution in [0.3, 0.4) is 0 Å². The minimum atomic E-state index is -0.0250. The van der Waals surface area contributed by atoms with Gasteiger partial charge in [0.25, 0.3) is 0 Å². The number of nitriles is 1. The first-order chi connectivity index (χ1) is 8.51. The molecule has 5 nitrogen and oxygen atoms in total. The minimum absolute atomic E-state index is 0.0250. The maximum Gasteiger partial charge on any atom is 0.137 e. The van der Waals surface area contributed by atoms with Crippen LogP contribution in [0, 0.1) is 17.2 Å². The molecule has 1 unspecified atom stereocenters. The van der Waals surface area contributed by atoms with Crippen LogP contribution in [0.4, 0.5) is 11.6 Å². The fourth-order valence-electron chi connectivity index (χ4n) is 1.96. The first-order valence-corrected chi connectivity index (χ1v) is 6.14. The normalized spacial score (nSPS) is 12.1. The maximum atomic E-state index is 8.89. The molecule has 1 aromatic heterocycles. The highest BCUT2D eigenvalue weighted by atomic mass is 15.2. The zero-order chi connectivity index (χ0) is 13.7. The van der Waals surface area contributed by atoms with Crippen molar-refractivity contribution in [3.63, 3.8) is 0 Å². The van der Waals surface area contributed by atoms with Gasteiger partial charge in [-0.15, -0.1) is 0 Å². The average Bonchev–Trinajstić information content (AvgIpc) is 2.37. The third kappa shape index (κ3) is 3.10. The molecule has 1 rings (SSSR count). The van der Waals surface area contributed by atoms with Gasteiger partial charge in [0.2, 0.25) is 0 Å². The fourth-order valence-corrected chi connectivity index (χ4v) is 1.96. The first kappa shape index (κ1) is 14.2. The SMILES string of the molecule is CNc1ncnc(N(C)CC(C)C#N)c1C(C)C. The standard InChI is InChI=1S/C13H21N5/c1-9(2)11-12(15-4)16-8-17-13(11)18(5)7-10(3)6-14/h8-10H,7H2,1-5H3,(H,15,16,17). The summed E-state index contributed by atoms with van der Waals surface area (Å²) in [6.07, 6.45) is 1.56. The van der Waals surface area contributed by atoms with Gasteiger partial charge >= 0.3 is 0 Å². The molecule has 0 spiro atoms. The largest absolute Gasteiger partial charge is 0.373 e. The van der Waals surface area contributed by atoms with Crippen molar-refractivity contribution in [3.8, 4) is 6.07 Å². The number of hydrogen-bond acceptors (Lipinski definition) is 5. The van der Waals surface area contributed by atoms with Crippen molar-refractivity contribution in [2.45, 2.75) is 26.7 Å². The van der Waals surface area contributed by atoms with E-state index in [1.54, 1.807) is 6.33 Å². The van der Waals surface area contributed by atoms with Gasteiger partial charge in [-0.3, -0.25) is 0 Å². The summed E-state index contributed by atoms with van der Waals surface area (Å²) in [4.78, 5) is 10.6. The Morgan fingerprint density at radius 1 is 1.39 bits per heavy atom. The third-order valence-corrected chi connectivity index (χ3v) is 2.81. The van der Waals surface area contributed by atoms with Crippen molar-refractivity contribution in [1.82, 2.24) is 9.97 Å². The quantitative estimate of drug-likeness (QED) is 0.864. The molecular weight excluding hydrogens is 226 g/mol. The smallest absolute Gasteiger partial charge is 0.137 e. The van der Waals surface area contributed by atoms with E-state index in [2.05, 4.69) is 35.2 Å². The van der Waals surface area contributed by atoms with Crippen LogP contribution >= 0.6 is 0 Å². The Balaban J connectivity index is 3.12. The van der Waals surface area contributed by atoms with Gasteiger partial charge < -0.3 is 10.2 Å². The Morgan fingerprint density at radius 3 is 2.56 bits per heavy atom. The van der Waals surface area contributed by atoms with Gasteiger partial charge in [0.05, 0.1) is 12.0 Å². The van der Waals surface area contributed by atoms with E-state index in [4.69, 9.17) is 5.26 Å². The van der Waals surface area contributed by atoms with E-state index in [1.165, 1.54) is 0 Å². The number of anilines is 2. The summed E-state index contributed by atoms with van der Waals surface area (Å²) in [5.41, 5.74) is 1.09. The van der Waals surface area contributed by atoms with E-state index < -0.39 is 0 Å². The van der Waals surface area contributed by atoms with Crippen LogP contribution in [0.1, 0.15) is 32.3 Å². The Labute approximate surface area is 109 Å². The van der Waals surface area contributed by atoms with Crippen molar-refractivity contribution in [2.24, 2.45) is 5.92 Å². The molecule has 0 bridgehead atoms. The second-order valence-electron chi connectivity index (χ2n) is 4.77.